The minimum absolute atomic E-state index is 0.199. The molecule has 4 aromatic rings. The first-order valence-corrected chi connectivity index (χ1v) is 12.7. The first kappa shape index (κ1) is 24.0. The second-order valence-electron chi connectivity index (χ2n) is 9.71. The third kappa shape index (κ3) is 4.34. The van der Waals surface area contributed by atoms with Crippen LogP contribution < -0.4 is 15.1 Å². The van der Waals surface area contributed by atoms with Gasteiger partial charge in [-0.3, -0.25) is 0 Å². The lowest BCUT2D eigenvalue weighted by atomic mass is 9.96. The molecule has 0 saturated carbocycles. The predicted octanol–water partition coefficient (Wildman–Crippen LogP) is 7.23. The largest absolute Gasteiger partial charge is 0.388 e. The Kier molecular flexibility index (Phi) is 6.48. The molecular weight excluding hydrogens is 447 g/mol. The van der Waals surface area contributed by atoms with Gasteiger partial charge in [-0.15, -0.1) is 0 Å². The van der Waals surface area contributed by atoms with Crippen molar-refractivity contribution in [1.82, 2.24) is 4.57 Å². The number of halogens is 1. The fourth-order valence-corrected chi connectivity index (χ4v) is 5.37. The fourth-order valence-electron chi connectivity index (χ4n) is 5.37. The van der Waals surface area contributed by atoms with Crippen LogP contribution in [0.4, 0.5) is 21.5 Å². The predicted molar refractivity (Wildman–Crippen MR) is 151 cm³/mol. The molecule has 1 saturated heterocycles. The van der Waals surface area contributed by atoms with E-state index in [0.29, 0.717) is 0 Å². The number of anilines is 3. The topological polar surface area (TPSA) is 23.4 Å². The zero-order valence-corrected chi connectivity index (χ0v) is 21.9. The van der Waals surface area contributed by atoms with Gasteiger partial charge in [0.1, 0.15) is 5.82 Å². The molecule has 1 N–H and O–H groups in total. The summed E-state index contributed by atoms with van der Waals surface area (Å²) in [5, 5.41) is 3.17. The highest BCUT2D eigenvalue weighted by atomic mass is 19.1. The summed E-state index contributed by atoms with van der Waals surface area (Å²) in [5.74, 6) is -0.199. The second kappa shape index (κ2) is 9.73. The molecule has 1 aliphatic rings. The van der Waals surface area contributed by atoms with E-state index in [1.54, 1.807) is 12.1 Å². The van der Waals surface area contributed by atoms with Gasteiger partial charge in [0.05, 0.1) is 12.4 Å². The van der Waals surface area contributed by atoms with Crippen molar-refractivity contribution in [1.29, 1.82) is 0 Å². The van der Waals surface area contributed by atoms with Crippen LogP contribution in [0.5, 0.6) is 0 Å². The molecule has 0 aliphatic carbocycles. The van der Waals surface area contributed by atoms with E-state index in [4.69, 9.17) is 0 Å². The van der Waals surface area contributed by atoms with E-state index < -0.39 is 0 Å². The van der Waals surface area contributed by atoms with E-state index >= 15 is 4.39 Å². The Morgan fingerprint density at radius 2 is 1.47 bits per heavy atom. The maximum absolute atomic E-state index is 15.1. The monoisotopic (exact) mass is 482 g/mol. The highest BCUT2D eigenvalue weighted by Gasteiger charge is 2.24. The van der Waals surface area contributed by atoms with Gasteiger partial charge < -0.3 is 19.7 Å². The number of nitrogens with zero attached hydrogens (tertiary/aromatic N) is 3. The third-order valence-electron chi connectivity index (χ3n) is 7.51. The van der Waals surface area contributed by atoms with Crippen molar-refractivity contribution in [3.63, 3.8) is 0 Å². The third-order valence-corrected chi connectivity index (χ3v) is 7.51. The molecule has 5 heteroatoms. The molecule has 2 heterocycles. The van der Waals surface area contributed by atoms with Gasteiger partial charge in [-0.25, -0.2) is 4.39 Å². The lowest BCUT2D eigenvalue weighted by Crippen LogP contribution is -2.25. The van der Waals surface area contributed by atoms with Crippen molar-refractivity contribution in [2.75, 3.05) is 41.9 Å². The van der Waals surface area contributed by atoms with Crippen LogP contribution in [0.2, 0.25) is 0 Å². The van der Waals surface area contributed by atoms with Crippen LogP contribution in [0.3, 0.4) is 0 Å². The SMILES string of the molecule is CCn1c(C)c(C)c(-c2cc(F)cc(N3CCN(c4ccc(NC)cc4)C3)c2)c1-c1ccc(C)cc1. The average molecular weight is 483 g/mol. The molecule has 0 radical (unpaired) electrons. The van der Waals surface area contributed by atoms with Crippen LogP contribution in [0.25, 0.3) is 22.4 Å². The van der Waals surface area contributed by atoms with Gasteiger partial charge >= 0.3 is 0 Å². The van der Waals surface area contributed by atoms with Gasteiger partial charge in [0.25, 0.3) is 0 Å². The van der Waals surface area contributed by atoms with Crippen LogP contribution >= 0.6 is 0 Å². The lowest BCUT2D eigenvalue weighted by molar-refractivity contribution is 0.628. The van der Waals surface area contributed by atoms with Crippen LogP contribution in [0, 0.1) is 26.6 Å². The Morgan fingerprint density at radius 3 is 2.11 bits per heavy atom. The quantitative estimate of drug-likeness (QED) is 0.314. The summed E-state index contributed by atoms with van der Waals surface area (Å²) in [6, 6.07) is 22.6. The Hall–Kier alpha value is -3.73. The van der Waals surface area contributed by atoms with Crippen LogP contribution in [0.1, 0.15) is 23.7 Å². The van der Waals surface area contributed by atoms with Crippen LogP contribution in [-0.4, -0.2) is 31.4 Å². The summed E-state index contributed by atoms with van der Waals surface area (Å²) in [4.78, 5) is 4.60. The first-order valence-electron chi connectivity index (χ1n) is 12.7. The molecule has 36 heavy (non-hydrogen) atoms. The summed E-state index contributed by atoms with van der Waals surface area (Å²) in [6.45, 7) is 12.0. The second-order valence-corrected chi connectivity index (χ2v) is 9.71. The van der Waals surface area contributed by atoms with Gasteiger partial charge in [-0.1, -0.05) is 29.8 Å². The van der Waals surface area contributed by atoms with Gasteiger partial charge in [0.15, 0.2) is 0 Å². The summed E-state index contributed by atoms with van der Waals surface area (Å²) < 4.78 is 17.5. The van der Waals surface area contributed by atoms with Gasteiger partial charge in [-0.05, 0) is 86.8 Å². The van der Waals surface area contributed by atoms with E-state index in [9.17, 15) is 0 Å². The number of aryl methyl sites for hydroxylation is 1. The van der Waals surface area contributed by atoms with E-state index in [-0.39, 0.29) is 5.82 Å². The smallest absolute Gasteiger partial charge is 0.125 e. The number of aromatic nitrogens is 1. The van der Waals surface area contributed by atoms with Crippen molar-refractivity contribution in [2.24, 2.45) is 0 Å². The highest BCUT2D eigenvalue weighted by molar-refractivity contribution is 5.87. The molecule has 4 nitrogen and oxygen atoms in total. The number of hydrogen-bond donors (Lipinski definition) is 1. The van der Waals surface area contributed by atoms with Crippen molar-refractivity contribution < 1.29 is 4.39 Å². The Morgan fingerprint density at radius 1 is 0.806 bits per heavy atom. The summed E-state index contributed by atoms with van der Waals surface area (Å²) >= 11 is 0. The Labute approximate surface area is 214 Å². The molecule has 0 unspecified atom stereocenters. The molecule has 0 amide bonds. The molecule has 186 valence electrons. The zero-order valence-electron chi connectivity index (χ0n) is 21.9. The average Bonchev–Trinajstić information content (AvgIpc) is 3.48. The van der Waals surface area contributed by atoms with Crippen molar-refractivity contribution in [3.05, 3.63) is 89.4 Å². The Balaban J connectivity index is 1.53. The van der Waals surface area contributed by atoms with E-state index in [0.717, 1.165) is 60.1 Å². The van der Waals surface area contributed by atoms with Crippen molar-refractivity contribution in [2.45, 2.75) is 34.2 Å². The molecule has 1 aliphatic heterocycles. The molecule has 0 bridgehead atoms. The lowest BCUT2D eigenvalue weighted by Gasteiger charge is -2.22. The number of benzene rings is 3. The van der Waals surface area contributed by atoms with Crippen LogP contribution in [-0.2, 0) is 6.54 Å². The summed E-state index contributed by atoms with van der Waals surface area (Å²) in [5.41, 5.74) is 11.3. The molecule has 1 aromatic heterocycles. The first-order chi connectivity index (χ1) is 17.4. The normalized spacial score (nSPS) is 13.5. The minimum atomic E-state index is -0.199. The van der Waals surface area contributed by atoms with Crippen molar-refractivity contribution in [3.8, 4) is 22.4 Å². The maximum Gasteiger partial charge on any atom is 0.125 e. The van der Waals surface area contributed by atoms with Gasteiger partial charge in [-0.2, -0.15) is 0 Å². The number of hydrogen-bond acceptors (Lipinski definition) is 3. The van der Waals surface area contributed by atoms with Crippen molar-refractivity contribution >= 4 is 17.1 Å². The maximum atomic E-state index is 15.1. The van der Waals surface area contributed by atoms with Crippen LogP contribution in [0.15, 0.2) is 66.7 Å². The van der Waals surface area contributed by atoms with Gasteiger partial charge in [0, 0.05) is 55.0 Å². The fraction of sp³-hybridized carbons (Fsp3) is 0.290. The van der Waals surface area contributed by atoms with E-state index in [1.165, 1.54) is 22.5 Å². The highest BCUT2D eigenvalue weighted by Crippen LogP contribution is 2.40. The van der Waals surface area contributed by atoms with Gasteiger partial charge in [0.2, 0.25) is 0 Å². The summed E-state index contributed by atoms with van der Waals surface area (Å²) in [7, 11) is 1.93. The molecular formula is C31H35FN4. The Bertz CT molecular complexity index is 1370. The molecule has 3 aromatic carbocycles. The number of rotatable bonds is 6. The molecule has 0 atom stereocenters. The van der Waals surface area contributed by atoms with E-state index in [1.807, 2.05) is 7.05 Å². The van der Waals surface area contributed by atoms with E-state index in [2.05, 4.69) is 102 Å². The zero-order chi connectivity index (χ0) is 25.4. The standard InChI is InChI=1S/C31H35FN4/c1-6-36-23(4)22(3)30(31(36)24-9-7-21(2)8-10-24)25-17-26(32)19-29(18-25)35-16-15-34(20-35)28-13-11-27(33-5)12-14-28/h7-14,17-19,33H,6,15-16,20H2,1-5H3. The number of nitrogens with one attached hydrogen (secondary N) is 1. The molecule has 5 rings (SSSR count). The summed E-state index contributed by atoms with van der Waals surface area (Å²) in [6.07, 6.45) is 0. The molecule has 0 spiro atoms. The molecule has 1 fully saturated rings. The minimum Gasteiger partial charge on any atom is -0.388 e.